The topological polar surface area (TPSA) is 56.4 Å². The van der Waals surface area contributed by atoms with Gasteiger partial charge in [-0.2, -0.15) is 0 Å². The van der Waals surface area contributed by atoms with Crippen molar-refractivity contribution in [2.24, 2.45) is 5.92 Å². The normalized spacial score (nSPS) is 11.2. The number of aromatic nitrogens is 1. The van der Waals surface area contributed by atoms with E-state index in [-0.39, 0.29) is 24.3 Å². The van der Waals surface area contributed by atoms with E-state index in [0.717, 1.165) is 22.0 Å². The zero-order chi connectivity index (χ0) is 26.4. The molecule has 37 heavy (non-hydrogen) atoms. The van der Waals surface area contributed by atoms with E-state index < -0.39 is 0 Å². The summed E-state index contributed by atoms with van der Waals surface area (Å²) in [6.45, 7) is 7.58. The van der Waals surface area contributed by atoms with Gasteiger partial charge in [0.05, 0.1) is 0 Å². The summed E-state index contributed by atoms with van der Waals surface area (Å²) in [4.78, 5) is 34.1. The summed E-state index contributed by atoms with van der Waals surface area (Å²) in [5, 5.41) is 1.82. The minimum Gasteiger partial charge on any atom is -0.361 e. The molecule has 0 aliphatic carbocycles. The summed E-state index contributed by atoms with van der Waals surface area (Å²) >= 11 is 6.09. The Bertz CT molecular complexity index is 1360. The van der Waals surface area contributed by atoms with E-state index in [0.29, 0.717) is 36.6 Å². The lowest BCUT2D eigenvalue weighted by molar-refractivity contribution is -0.132. The van der Waals surface area contributed by atoms with Gasteiger partial charge >= 0.3 is 0 Å². The van der Waals surface area contributed by atoms with Crippen LogP contribution in [0.5, 0.6) is 0 Å². The number of carbonyl (C=O) groups is 2. The Labute approximate surface area is 224 Å². The highest BCUT2D eigenvalue weighted by atomic mass is 35.5. The number of hydrogen-bond donors (Lipinski definition) is 1. The summed E-state index contributed by atoms with van der Waals surface area (Å²) in [6, 6.07) is 23.3. The average molecular weight is 516 g/mol. The number of para-hydroxylation sites is 1. The molecule has 0 atom stereocenters. The first-order valence-corrected chi connectivity index (χ1v) is 13.1. The van der Waals surface area contributed by atoms with Crippen LogP contribution in [0.4, 0.5) is 0 Å². The molecular formula is C31H34ClN3O2. The second-order valence-electron chi connectivity index (χ2n) is 9.95. The Balaban J connectivity index is 1.56. The number of rotatable bonds is 10. The van der Waals surface area contributed by atoms with Crippen LogP contribution < -0.4 is 0 Å². The van der Waals surface area contributed by atoms with Gasteiger partial charge in [0.15, 0.2) is 0 Å². The third-order valence-electron chi connectivity index (χ3n) is 6.54. The third-order valence-corrected chi connectivity index (χ3v) is 6.79. The molecule has 1 heterocycles. The zero-order valence-electron chi connectivity index (χ0n) is 21.7. The minimum absolute atomic E-state index is 0.0345. The van der Waals surface area contributed by atoms with Gasteiger partial charge in [-0.1, -0.05) is 74.0 Å². The predicted octanol–water partition coefficient (Wildman–Crippen LogP) is 6.50. The van der Waals surface area contributed by atoms with Crippen LogP contribution in [0.15, 0.2) is 79.0 Å². The van der Waals surface area contributed by atoms with Gasteiger partial charge < -0.3 is 14.8 Å². The molecule has 0 unspecified atom stereocenters. The van der Waals surface area contributed by atoms with Crippen LogP contribution >= 0.6 is 11.6 Å². The highest BCUT2D eigenvalue weighted by Gasteiger charge is 2.24. The number of H-pyrrole nitrogens is 1. The Morgan fingerprint density at radius 2 is 1.62 bits per heavy atom. The lowest BCUT2D eigenvalue weighted by Gasteiger charge is -2.29. The molecule has 0 radical (unpaired) electrons. The smallest absolute Gasteiger partial charge is 0.254 e. The van der Waals surface area contributed by atoms with Crippen molar-refractivity contribution in [3.05, 3.63) is 106 Å². The van der Waals surface area contributed by atoms with Crippen molar-refractivity contribution in [3.63, 3.8) is 0 Å². The van der Waals surface area contributed by atoms with Crippen molar-refractivity contribution in [2.45, 2.75) is 33.7 Å². The molecule has 1 N–H and O–H groups in total. The van der Waals surface area contributed by atoms with Crippen LogP contribution in [0.25, 0.3) is 10.9 Å². The van der Waals surface area contributed by atoms with Gasteiger partial charge in [0, 0.05) is 47.3 Å². The number of amides is 2. The van der Waals surface area contributed by atoms with Gasteiger partial charge in [-0.25, -0.2) is 0 Å². The predicted molar refractivity (Wildman–Crippen MR) is 151 cm³/mol. The zero-order valence-corrected chi connectivity index (χ0v) is 22.5. The van der Waals surface area contributed by atoms with E-state index in [1.807, 2.05) is 78.7 Å². The molecule has 0 fully saturated rings. The maximum Gasteiger partial charge on any atom is 0.254 e. The van der Waals surface area contributed by atoms with Crippen molar-refractivity contribution in [1.82, 2.24) is 14.8 Å². The molecule has 1 aromatic heterocycles. The summed E-state index contributed by atoms with van der Waals surface area (Å²) in [7, 11) is 0. The highest BCUT2D eigenvalue weighted by Crippen LogP contribution is 2.20. The van der Waals surface area contributed by atoms with E-state index in [1.165, 1.54) is 5.56 Å². The van der Waals surface area contributed by atoms with Gasteiger partial charge in [-0.15, -0.1) is 0 Å². The van der Waals surface area contributed by atoms with Gasteiger partial charge in [0.1, 0.15) is 6.54 Å². The van der Waals surface area contributed by atoms with E-state index in [4.69, 9.17) is 11.6 Å². The molecule has 0 spiro atoms. The first kappa shape index (κ1) is 26.5. The first-order chi connectivity index (χ1) is 17.8. The van der Waals surface area contributed by atoms with Crippen LogP contribution in [0, 0.1) is 12.8 Å². The molecule has 4 rings (SSSR count). The third kappa shape index (κ3) is 6.80. The highest BCUT2D eigenvalue weighted by molar-refractivity contribution is 6.30. The number of aryl methyl sites for hydroxylation is 1. The van der Waals surface area contributed by atoms with E-state index in [2.05, 4.69) is 31.0 Å². The Morgan fingerprint density at radius 1 is 0.919 bits per heavy atom. The largest absolute Gasteiger partial charge is 0.361 e. The molecule has 0 bridgehead atoms. The number of fused-ring (bicyclic) bond motifs is 1. The van der Waals surface area contributed by atoms with Crippen molar-refractivity contribution < 1.29 is 9.59 Å². The Hall–Kier alpha value is -3.57. The fourth-order valence-electron chi connectivity index (χ4n) is 4.60. The lowest BCUT2D eigenvalue weighted by atomic mass is 10.1. The number of aromatic amines is 1. The number of halogens is 1. The minimum atomic E-state index is -0.108. The monoisotopic (exact) mass is 515 g/mol. The second kappa shape index (κ2) is 12.1. The van der Waals surface area contributed by atoms with Crippen molar-refractivity contribution >= 4 is 34.3 Å². The van der Waals surface area contributed by atoms with Crippen LogP contribution in [-0.4, -0.2) is 46.2 Å². The maximum absolute atomic E-state index is 13.7. The van der Waals surface area contributed by atoms with Crippen LogP contribution in [-0.2, 0) is 17.8 Å². The van der Waals surface area contributed by atoms with Crippen molar-refractivity contribution in [3.8, 4) is 0 Å². The number of benzene rings is 3. The van der Waals surface area contributed by atoms with Crippen LogP contribution in [0.1, 0.15) is 40.9 Å². The SMILES string of the molecule is Cc1ccccc1C(=O)N(CC(=O)N(CCc1c[nH]c2ccccc12)Cc1ccc(Cl)cc1)CC(C)C. The first-order valence-electron chi connectivity index (χ1n) is 12.7. The van der Waals surface area contributed by atoms with Crippen molar-refractivity contribution in [2.75, 3.05) is 19.6 Å². The summed E-state index contributed by atoms with van der Waals surface area (Å²) < 4.78 is 0. The number of nitrogens with zero attached hydrogens (tertiary/aromatic N) is 2. The van der Waals surface area contributed by atoms with Gasteiger partial charge in [-0.05, 0) is 60.2 Å². The summed E-state index contributed by atoms with van der Waals surface area (Å²) in [5.74, 6) is 0.0531. The summed E-state index contributed by atoms with van der Waals surface area (Å²) in [5.41, 5.74) is 4.79. The fourth-order valence-corrected chi connectivity index (χ4v) is 4.73. The fraction of sp³-hybridized carbons (Fsp3) is 0.290. The Morgan fingerprint density at radius 3 is 2.35 bits per heavy atom. The Kier molecular flexibility index (Phi) is 8.67. The number of hydrogen-bond acceptors (Lipinski definition) is 2. The van der Waals surface area contributed by atoms with Gasteiger partial charge in [0.25, 0.3) is 5.91 Å². The van der Waals surface area contributed by atoms with Crippen LogP contribution in [0.3, 0.4) is 0 Å². The van der Waals surface area contributed by atoms with Crippen molar-refractivity contribution in [1.29, 1.82) is 0 Å². The molecule has 0 saturated carbocycles. The van der Waals surface area contributed by atoms with E-state index in [9.17, 15) is 9.59 Å². The van der Waals surface area contributed by atoms with E-state index >= 15 is 0 Å². The molecule has 3 aromatic carbocycles. The van der Waals surface area contributed by atoms with E-state index in [1.54, 1.807) is 4.90 Å². The second-order valence-corrected chi connectivity index (χ2v) is 10.4. The lowest BCUT2D eigenvalue weighted by Crippen LogP contribution is -2.44. The molecule has 4 aromatic rings. The maximum atomic E-state index is 13.7. The number of nitrogens with one attached hydrogen (secondary N) is 1. The summed E-state index contributed by atoms with van der Waals surface area (Å²) in [6.07, 6.45) is 2.72. The molecular weight excluding hydrogens is 482 g/mol. The standard InChI is InChI=1S/C31H34ClN3O2/c1-22(2)19-35(31(37)27-9-5-4-8-23(27)3)21-30(36)34(20-24-12-14-26(32)15-13-24)17-16-25-18-33-29-11-7-6-10-28(25)29/h4-15,18,22,33H,16-17,19-21H2,1-3H3. The molecule has 0 aliphatic rings. The average Bonchev–Trinajstić information content (AvgIpc) is 3.30. The van der Waals surface area contributed by atoms with Crippen LogP contribution in [0.2, 0.25) is 5.02 Å². The molecule has 0 saturated heterocycles. The molecule has 6 heteroatoms. The van der Waals surface area contributed by atoms with Gasteiger partial charge in [-0.3, -0.25) is 9.59 Å². The molecule has 5 nitrogen and oxygen atoms in total. The number of carbonyl (C=O) groups excluding carboxylic acids is 2. The molecule has 0 aliphatic heterocycles. The van der Waals surface area contributed by atoms with Gasteiger partial charge in [0.2, 0.25) is 5.91 Å². The molecule has 2 amide bonds. The quantitative estimate of drug-likeness (QED) is 0.262. The molecule has 192 valence electrons.